The number of nitrogens with zero attached hydrogens (tertiary/aromatic N) is 1. The molecule has 5 nitrogen and oxygen atoms in total. The van der Waals surface area contributed by atoms with Crippen LogP contribution in [0.5, 0.6) is 0 Å². The van der Waals surface area contributed by atoms with Gasteiger partial charge in [0.2, 0.25) is 0 Å². The Morgan fingerprint density at radius 1 is 1.21 bits per heavy atom. The first-order valence-corrected chi connectivity index (χ1v) is 6.96. The average Bonchev–Trinajstić information content (AvgIpc) is 2.70. The zero-order valence-electron chi connectivity index (χ0n) is 10.1. The van der Waals surface area contributed by atoms with Gasteiger partial charge in [0, 0.05) is 16.4 Å². The number of hydrogen-bond donors (Lipinski definition) is 0. The first-order valence-electron chi connectivity index (χ1n) is 5.88. The van der Waals surface area contributed by atoms with Gasteiger partial charge in [-0.15, -0.1) is 5.06 Å². The molecule has 19 heavy (non-hydrogen) atoms. The summed E-state index contributed by atoms with van der Waals surface area (Å²) < 4.78 is 1.07. The Kier molecular flexibility index (Phi) is 4.52. The zero-order chi connectivity index (χ0) is 13.8. The minimum Gasteiger partial charge on any atom is -0.330 e. The smallest absolute Gasteiger partial charge is 0.330 e. The van der Waals surface area contributed by atoms with Crippen molar-refractivity contribution in [3.05, 3.63) is 33.4 Å². The maximum Gasteiger partial charge on any atom is 0.333 e. The van der Waals surface area contributed by atoms with E-state index in [2.05, 4.69) is 22.6 Å². The van der Waals surface area contributed by atoms with E-state index in [4.69, 9.17) is 4.84 Å². The first kappa shape index (κ1) is 14.0. The zero-order valence-corrected chi connectivity index (χ0v) is 12.3. The van der Waals surface area contributed by atoms with Crippen LogP contribution in [0.2, 0.25) is 0 Å². The van der Waals surface area contributed by atoms with E-state index < -0.39 is 17.8 Å². The van der Waals surface area contributed by atoms with E-state index in [0.29, 0.717) is 11.5 Å². The van der Waals surface area contributed by atoms with Gasteiger partial charge in [-0.1, -0.05) is 18.2 Å². The van der Waals surface area contributed by atoms with Crippen molar-refractivity contribution in [3.63, 3.8) is 0 Å². The molecule has 1 heterocycles. The molecule has 1 saturated heterocycles. The molecule has 0 saturated carbocycles. The number of hydrogen-bond acceptors (Lipinski definition) is 4. The van der Waals surface area contributed by atoms with Gasteiger partial charge in [-0.05, 0) is 40.6 Å². The van der Waals surface area contributed by atoms with Crippen LogP contribution in [0.1, 0.15) is 24.8 Å². The Labute approximate surface area is 124 Å². The highest BCUT2D eigenvalue weighted by Crippen LogP contribution is 2.15. The lowest BCUT2D eigenvalue weighted by atomic mass is 10.1. The standard InChI is InChI=1S/C13H12INO4/c14-10-4-2-1-3-9(10)5-8-13(18)19-15-11(16)6-7-12(15)17/h1-4H,5-8H2. The molecule has 100 valence electrons. The predicted octanol–water partition coefficient (Wildman–Crippen LogP) is 1.83. The van der Waals surface area contributed by atoms with Crippen LogP contribution in [0.15, 0.2) is 24.3 Å². The van der Waals surface area contributed by atoms with E-state index in [1.165, 1.54) is 0 Å². The Morgan fingerprint density at radius 2 is 1.84 bits per heavy atom. The van der Waals surface area contributed by atoms with Crippen LogP contribution in [0.25, 0.3) is 0 Å². The Balaban J connectivity index is 1.87. The largest absolute Gasteiger partial charge is 0.333 e. The maximum atomic E-state index is 11.6. The van der Waals surface area contributed by atoms with E-state index in [9.17, 15) is 14.4 Å². The highest BCUT2D eigenvalue weighted by atomic mass is 127. The molecule has 0 spiro atoms. The molecule has 0 aromatic heterocycles. The number of carbonyl (C=O) groups is 3. The molecule has 0 atom stereocenters. The quantitative estimate of drug-likeness (QED) is 0.597. The molecule has 1 aromatic carbocycles. The molecule has 1 aliphatic heterocycles. The fourth-order valence-corrected chi connectivity index (χ4v) is 2.40. The van der Waals surface area contributed by atoms with Crippen LogP contribution in [0, 0.1) is 3.57 Å². The van der Waals surface area contributed by atoms with E-state index in [-0.39, 0.29) is 19.3 Å². The van der Waals surface area contributed by atoms with Gasteiger partial charge in [0.15, 0.2) is 0 Å². The van der Waals surface area contributed by atoms with Gasteiger partial charge in [-0.3, -0.25) is 9.59 Å². The fourth-order valence-electron chi connectivity index (χ4n) is 1.74. The topological polar surface area (TPSA) is 63.7 Å². The van der Waals surface area contributed by atoms with Crippen LogP contribution in [-0.2, 0) is 25.6 Å². The highest BCUT2D eigenvalue weighted by Gasteiger charge is 2.32. The number of carbonyl (C=O) groups excluding carboxylic acids is 3. The van der Waals surface area contributed by atoms with Gasteiger partial charge in [-0.25, -0.2) is 4.79 Å². The lowest BCUT2D eigenvalue weighted by Crippen LogP contribution is -2.32. The van der Waals surface area contributed by atoms with Gasteiger partial charge in [0.05, 0.1) is 6.42 Å². The van der Waals surface area contributed by atoms with Gasteiger partial charge in [-0.2, -0.15) is 0 Å². The third-order valence-corrected chi connectivity index (χ3v) is 3.81. The molecule has 0 radical (unpaired) electrons. The summed E-state index contributed by atoms with van der Waals surface area (Å²) in [5.41, 5.74) is 1.04. The number of imide groups is 1. The lowest BCUT2D eigenvalue weighted by molar-refractivity contribution is -0.197. The minimum atomic E-state index is -0.566. The van der Waals surface area contributed by atoms with Gasteiger partial charge < -0.3 is 4.84 Å². The lowest BCUT2D eigenvalue weighted by Gasteiger charge is -2.12. The molecule has 1 aliphatic rings. The van der Waals surface area contributed by atoms with E-state index in [1.807, 2.05) is 24.3 Å². The molecule has 6 heteroatoms. The second kappa shape index (κ2) is 6.14. The molecule has 0 N–H and O–H groups in total. The number of amides is 2. The van der Waals surface area contributed by atoms with Crippen molar-refractivity contribution in [2.45, 2.75) is 25.7 Å². The van der Waals surface area contributed by atoms with Crippen molar-refractivity contribution in [2.24, 2.45) is 0 Å². The van der Waals surface area contributed by atoms with Crippen molar-refractivity contribution in [1.82, 2.24) is 5.06 Å². The second-order valence-electron chi connectivity index (χ2n) is 4.14. The second-order valence-corrected chi connectivity index (χ2v) is 5.30. The van der Waals surface area contributed by atoms with Gasteiger partial charge in [0.25, 0.3) is 11.8 Å². The summed E-state index contributed by atoms with van der Waals surface area (Å²) >= 11 is 2.19. The number of benzene rings is 1. The van der Waals surface area contributed by atoms with E-state index in [0.717, 1.165) is 9.13 Å². The van der Waals surface area contributed by atoms with Crippen LogP contribution in [-0.4, -0.2) is 22.8 Å². The Morgan fingerprint density at radius 3 is 2.47 bits per heavy atom. The highest BCUT2D eigenvalue weighted by molar-refractivity contribution is 14.1. The summed E-state index contributed by atoms with van der Waals surface area (Å²) in [6, 6.07) is 7.71. The molecule has 2 rings (SSSR count). The number of aryl methyl sites for hydroxylation is 1. The van der Waals surface area contributed by atoms with Gasteiger partial charge >= 0.3 is 5.97 Å². The van der Waals surface area contributed by atoms with Crippen molar-refractivity contribution in [2.75, 3.05) is 0 Å². The van der Waals surface area contributed by atoms with Crippen LogP contribution < -0.4 is 0 Å². The monoisotopic (exact) mass is 373 g/mol. The molecule has 0 aliphatic carbocycles. The normalized spacial score (nSPS) is 14.9. The summed E-state index contributed by atoms with van der Waals surface area (Å²) in [5, 5.41) is 0.582. The molecule has 2 amide bonds. The predicted molar refractivity (Wildman–Crippen MR) is 74.7 cm³/mol. The summed E-state index contributed by atoms with van der Waals surface area (Å²) in [4.78, 5) is 38.9. The summed E-state index contributed by atoms with van der Waals surface area (Å²) in [7, 11) is 0. The Hall–Kier alpha value is -1.44. The molecule has 1 fully saturated rings. The van der Waals surface area contributed by atoms with Crippen LogP contribution >= 0.6 is 22.6 Å². The third-order valence-electron chi connectivity index (χ3n) is 2.76. The van der Waals surface area contributed by atoms with Gasteiger partial charge in [0.1, 0.15) is 0 Å². The molecule has 1 aromatic rings. The van der Waals surface area contributed by atoms with Crippen molar-refractivity contribution >= 4 is 40.4 Å². The number of rotatable bonds is 4. The number of halogens is 1. The van der Waals surface area contributed by atoms with Crippen molar-refractivity contribution in [1.29, 1.82) is 0 Å². The van der Waals surface area contributed by atoms with Crippen molar-refractivity contribution < 1.29 is 19.2 Å². The van der Waals surface area contributed by atoms with Crippen LogP contribution in [0.4, 0.5) is 0 Å². The first-order chi connectivity index (χ1) is 9.08. The summed E-state index contributed by atoms with van der Waals surface area (Å²) in [5.74, 6) is -1.47. The molecular weight excluding hydrogens is 361 g/mol. The fraction of sp³-hybridized carbons (Fsp3) is 0.308. The summed E-state index contributed by atoms with van der Waals surface area (Å²) in [6.45, 7) is 0. The summed E-state index contributed by atoms with van der Waals surface area (Å²) in [6.07, 6.45) is 0.886. The third kappa shape index (κ3) is 3.52. The maximum absolute atomic E-state index is 11.6. The van der Waals surface area contributed by atoms with Crippen molar-refractivity contribution in [3.8, 4) is 0 Å². The molecule has 0 bridgehead atoms. The van der Waals surface area contributed by atoms with Crippen LogP contribution in [0.3, 0.4) is 0 Å². The van der Waals surface area contributed by atoms with E-state index in [1.54, 1.807) is 0 Å². The Bertz CT molecular complexity index is 513. The number of hydroxylamine groups is 2. The average molecular weight is 373 g/mol. The molecular formula is C13H12INO4. The molecule has 0 unspecified atom stereocenters. The SMILES string of the molecule is O=C(CCc1ccccc1I)ON1C(=O)CCC1=O. The minimum absolute atomic E-state index is 0.114. The van der Waals surface area contributed by atoms with E-state index >= 15 is 0 Å².